The molecule has 15 heavy (non-hydrogen) atoms. The minimum atomic E-state index is -0.926. The van der Waals surface area contributed by atoms with Crippen LogP contribution in [0.1, 0.15) is 21.4 Å². The molecular formula is C9H7ClINO3. The van der Waals surface area contributed by atoms with E-state index in [4.69, 9.17) is 11.6 Å². The highest BCUT2D eigenvalue weighted by Gasteiger charge is 2.13. The molecule has 0 fully saturated rings. The fourth-order valence-electron chi connectivity index (χ4n) is 1.02. The molecule has 80 valence electrons. The van der Waals surface area contributed by atoms with Crippen LogP contribution in [-0.2, 0) is 4.74 Å². The van der Waals surface area contributed by atoms with E-state index in [0.29, 0.717) is 14.7 Å². The van der Waals surface area contributed by atoms with Crippen molar-refractivity contribution in [2.45, 2.75) is 5.50 Å². The zero-order valence-corrected chi connectivity index (χ0v) is 10.7. The van der Waals surface area contributed by atoms with E-state index in [1.165, 1.54) is 7.11 Å². The molecule has 0 radical (unpaired) electrons. The van der Waals surface area contributed by atoms with Crippen molar-refractivity contribution >= 4 is 40.2 Å². The Bertz CT molecular complexity index is 397. The summed E-state index contributed by atoms with van der Waals surface area (Å²) in [6, 6.07) is 4.77. The molecule has 4 nitrogen and oxygen atoms in total. The first kappa shape index (κ1) is 12.4. The second-order valence-electron chi connectivity index (χ2n) is 2.67. The van der Waals surface area contributed by atoms with E-state index in [9.17, 15) is 9.70 Å². The topological polar surface area (TPSA) is 55.7 Å². The molecule has 1 atom stereocenters. The molecule has 6 heteroatoms. The second kappa shape index (κ2) is 5.41. The maximum absolute atomic E-state index is 11.2. The van der Waals surface area contributed by atoms with Crippen molar-refractivity contribution < 1.29 is 9.53 Å². The number of alkyl halides is 1. The number of rotatable bonds is 3. The molecule has 0 aliphatic heterocycles. The highest BCUT2D eigenvalue weighted by atomic mass is 127. The highest BCUT2D eigenvalue weighted by molar-refractivity contribution is 14.1. The number of benzene rings is 1. The van der Waals surface area contributed by atoms with Gasteiger partial charge in [0.05, 0.1) is 12.7 Å². The Morgan fingerprint density at radius 2 is 2.27 bits per heavy atom. The molecule has 0 saturated carbocycles. The van der Waals surface area contributed by atoms with Crippen LogP contribution >= 0.6 is 34.2 Å². The number of nitroso groups, excluding NO2 is 1. The van der Waals surface area contributed by atoms with Crippen LogP contribution < -0.4 is 0 Å². The Labute approximate surface area is 105 Å². The number of nitrogens with zero attached hydrogens (tertiary/aromatic N) is 1. The predicted octanol–water partition coefficient (Wildman–Crippen LogP) is 3.08. The normalized spacial score (nSPS) is 11.9. The van der Waals surface area contributed by atoms with Crippen molar-refractivity contribution in [3.05, 3.63) is 37.8 Å². The summed E-state index contributed by atoms with van der Waals surface area (Å²) in [4.78, 5) is 21.5. The molecule has 1 aromatic carbocycles. The van der Waals surface area contributed by atoms with Gasteiger partial charge in [-0.3, -0.25) is 0 Å². The zero-order valence-electron chi connectivity index (χ0n) is 7.74. The third-order valence-corrected chi connectivity index (χ3v) is 2.99. The van der Waals surface area contributed by atoms with Gasteiger partial charge in [-0.25, -0.2) is 4.79 Å². The average Bonchev–Trinajstić information content (AvgIpc) is 2.26. The fraction of sp³-hybridized carbons (Fsp3) is 0.222. The van der Waals surface area contributed by atoms with Crippen LogP contribution in [0.3, 0.4) is 0 Å². The van der Waals surface area contributed by atoms with Gasteiger partial charge in [0.25, 0.3) is 0 Å². The van der Waals surface area contributed by atoms with Crippen LogP contribution in [0.4, 0.5) is 0 Å². The molecule has 1 unspecified atom stereocenters. The summed E-state index contributed by atoms with van der Waals surface area (Å²) >= 11 is 7.60. The van der Waals surface area contributed by atoms with Gasteiger partial charge in [0.2, 0.25) is 0 Å². The lowest BCUT2D eigenvalue weighted by Gasteiger charge is -2.05. The van der Waals surface area contributed by atoms with Crippen molar-refractivity contribution in [2.75, 3.05) is 7.11 Å². The first-order valence-corrected chi connectivity index (χ1v) is 5.46. The molecule has 0 saturated heterocycles. The monoisotopic (exact) mass is 339 g/mol. The molecule has 0 aromatic heterocycles. The quantitative estimate of drug-likeness (QED) is 0.280. The van der Waals surface area contributed by atoms with Crippen molar-refractivity contribution in [1.82, 2.24) is 0 Å². The predicted molar refractivity (Wildman–Crippen MR) is 64.9 cm³/mol. The van der Waals surface area contributed by atoms with E-state index >= 15 is 0 Å². The Kier molecular flexibility index (Phi) is 4.46. The van der Waals surface area contributed by atoms with Crippen LogP contribution in [-0.4, -0.2) is 13.1 Å². The third kappa shape index (κ3) is 2.88. The minimum Gasteiger partial charge on any atom is -0.465 e. The van der Waals surface area contributed by atoms with Crippen LogP contribution in [0, 0.1) is 8.48 Å². The maximum Gasteiger partial charge on any atom is 0.338 e. The minimum absolute atomic E-state index is 0.420. The van der Waals surface area contributed by atoms with Crippen LogP contribution in [0.25, 0.3) is 0 Å². The van der Waals surface area contributed by atoms with Crippen LogP contribution in [0.15, 0.2) is 23.4 Å². The van der Waals surface area contributed by atoms with Gasteiger partial charge in [0, 0.05) is 3.57 Å². The van der Waals surface area contributed by atoms with Crippen LogP contribution in [0.5, 0.6) is 0 Å². The molecule has 0 heterocycles. The number of halogens is 2. The van der Waals surface area contributed by atoms with Gasteiger partial charge in [0.15, 0.2) is 5.50 Å². The first-order valence-electron chi connectivity index (χ1n) is 3.94. The van der Waals surface area contributed by atoms with E-state index in [1.807, 2.05) is 22.6 Å². The van der Waals surface area contributed by atoms with Crippen molar-refractivity contribution in [1.29, 1.82) is 0 Å². The first-order chi connectivity index (χ1) is 7.10. The van der Waals surface area contributed by atoms with Gasteiger partial charge in [-0.1, -0.05) is 17.7 Å². The van der Waals surface area contributed by atoms with Gasteiger partial charge in [-0.05, 0) is 45.5 Å². The number of carbonyl (C=O) groups excluding carboxylic acids is 1. The Morgan fingerprint density at radius 3 is 2.73 bits per heavy atom. The fourth-order valence-corrected chi connectivity index (χ4v) is 1.91. The third-order valence-electron chi connectivity index (χ3n) is 1.77. The molecule has 0 spiro atoms. The lowest BCUT2D eigenvalue weighted by atomic mass is 10.1. The molecule has 0 bridgehead atoms. The highest BCUT2D eigenvalue weighted by Crippen LogP contribution is 2.25. The zero-order chi connectivity index (χ0) is 11.4. The van der Waals surface area contributed by atoms with Crippen molar-refractivity contribution in [3.8, 4) is 0 Å². The van der Waals surface area contributed by atoms with Crippen molar-refractivity contribution in [3.63, 3.8) is 0 Å². The van der Waals surface area contributed by atoms with Gasteiger partial charge in [0.1, 0.15) is 0 Å². The lowest BCUT2D eigenvalue weighted by molar-refractivity contribution is 0.0599. The summed E-state index contributed by atoms with van der Waals surface area (Å²) in [7, 11) is 1.31. The summed E-state index contributed by atoms with van der Waals surface area (Å²) in [5, 5.41) is 2.69. The van der Waals surface area contributed by atoms with E-state index in [0.717, 1.165) is 0 Å². The number of carbonyl (C=O) groups is 1. The van der Waals surface area contributed by atoms with Gasteiger partial charge in [-0.2, -0.15) is 0 Å². The molecule has 0 aliphatic carbocycles. The van der Waals surface area contributed by atoms with Gasteiger partial charge >= 0.3 is 5.97 Å². The van der Waals surface area contributed by atoms with Crippen LogP contribution in [0.2, 0.25) is 0 Å². The Balaban J connectivity index is 3.08. The Hall–Kier alpha value is -0.690. The number of hydrogen-bond donors (Lipinski definition) is 0. The lowest BCUT2D eigenvalue weighted by Crippen LogP contribution is -2.04. The SMILES string of the molecule is COC(=O)c1ccc(C(Cl)N=O)cc1I. The second-order valence-corrected chi connectivity index (χ2v) is 4.25. The maximum atomic E-state index is 11.2. The molecular weight excluding hydrogens is 332 g/mol. The van der Waals surface area contributed by atoms with Gasteiger partial charge < -0.3 is 4.74 Å². The molecule has 0 amide bonds. The van der Waals surface area contributed by atoms with E-state index < -0.39 is 11.5 Å². The van der Waals surface area contributed by atoms with E-state index in [-0.39, 0.29) is 0 Å². The summed E-state index contributed by atoms with van der Waals surface area (Å²) in [6.45, 7) is 0. The molecule has 0 N–H and O–H groups in total. The van der Waals surface area contributed by atoms with E-state index in [2.05, 4.69) is 9.91 Å². The van der Waals surface area contributed by atoms with E-state index in [1.54, 1.807) is 18.2 Å². The smallest absolute Gasteiger partial charge is 0.338 e. The summed E-state index contributed by atoms with van der Waals surface area (Å²) in [5.74, 6) is -0.420. The summed E-state index contributed by atoms with van der Waals surface area (Å²) in [6.07, 6.45) is 0. The largest absolute Gasteiger partial charge is 0.465 e. The summed E-state index contributed by atoms with van der Waals surface area (Å²) in [5.41, 5.74) is 0.0746. The van der Waals surface area contributed by atoms with Gasteiger partial charge in [-0.15, -0.1) is 4.91 Å². The molecule has 1 aromatic rings. The number of hydrogen-bond acceptors (Lipinski definition) is 4. The number of ether oxygens (including phenoxy) is 1. The Morgan fingerprint density at radius 1 is 1.60 bits per heavy atom. The average molecular weight is 340 g/mol. The number of methoxy groups -OCH3 is 1. The standard InChI is InChI=1S/C9H7ClINO3/c1-15-9(13)6-3-2-5(4-7(6)11)8(10)12-14/h2-4,8H,1H3. The van der Waals surface area contributed by atoms with Crippen molar-refractivity contribution in [2.24, 2.45) is 5.18 Å². The number of esters is 1. The molecule has 0 aliphatic rings. The summed E-state index contributed by atoms with van der Waals surface area (Å²) < 4.78 is 5.25. The molecule has 1 rings (SSSR count).